The van der Waals surface area contributed by atoms with Gasteiger partial charge in [0.05, 0.1) is 5.92 Å². The lowest BCUT2D eigenvalue weighted by atomic mass is 9.63. The lowest BCUT2D eigenvalue weighted by molar-refractivity contribution is -0.147. The smallest absolute Gasteiger partial charge is 0.306 e. The summed E-state index contributed by atoms with van der Waals surface area (Å²) < 4.78 is 0. The van der Waals surface area contributed by atoms with Gasteiger partial charge in [-0.15, -0.1) is 0 Å². The Bertz CT molecular complexity index is 264. The Morgan fingerprint density at radius 2 is 1.81 bits per heavy atom. The second-order valence-electron chi connectivity index (χ2n) is 6.56. The number of carbonyl (C=O) groups is 1. The fraction of sp³-hybridized carbons (Fsp3) is 0.929. The SMILES string of the molecule is CC1(C)CCC(C(=O)O)C(C2CCCC2)C1. The molecule has 92 valence electrons. The summed E-state index contributed by atoms with van der Waals surface area (Å²) in [6.45, 7) is 4.60. The summed E-state index contributed by atoms with van der Waals surface area (Å²) in [4.78, 5) is 11.3. The fourth-order valence-corrected chi connectivity index (χ4v) is 3.83. The van der Waals surface area contributed by atoms with Crippen molar-refractivity contribution in [2.24, 2.45) is 23.2 Å². The molecule has 2 saturated carbocycles. The minimum atomic E-state index is -0.549. The van der Waals surface area contributed by atoms with Crippen LogP contribution in [0.15, 0.2) is 0 Å². The molecule has 0 bridgehead atoms. The molecule has 1 N–H and O–H groups in total. The topological polar surface area (TPSA) is 37.3 Å². The number of carboxylic acid groups (broad SMARTS) is 1. The summed E-state index contributed by atoms with van der Waals surface area (Å²) in [5.41, 5.74) is 0.360. The second kappa shape index (κ2) is 4.38. The van der Waals surface area contributed by atoms with Gasteiger partial charge in [0.25, 0.3) is 0 Å². The predicted molar refractivity (Wildman–Crippen MR) is 64.2 cm³/mol. The predicted octanol–water partition coefficient (Wildman–Crippen LogP) is 3.70. The molecule has 2 aliphatic carbocycles. The van der Waals surface area contributed by atoms with Crippen LogP contribution in [0.2, 0.25) is 0 Å². The summed E-state index contributed by atoms with van der Waals surface area (Å²) in [5, 5.41) is 9.34. The van der Waals surface area contributed by atoms with Crippen LogP contribution in [-0.2, 0) is 4.79 Å². The molecule has 2 heteroatoms. The molecule has 2 atom stereocenters. The summed E-state index contributed by atoms with van der Waals surface area (Å²) in [7, 11) is 0. The Labute approximate surface area is 98.4 Å². The molecule has 0 heterocycles. The first-order chi connectivity index (χ1) is 7.49. The average molecular weight is 224 g/mol. The number of hydrogen-bond acceptors (Lipinski definition) is 1. The Kier molecular flexibility index (Phi) is 3.27. The number of aliphatic carboxylic acids is 1. The van der Waals surface area contributed by atoms with Gasteiger partial charge >= 0.3 is 5.97 Å². The molecule has 2 unspecified atom stereocenters. The van der Waals surface area contributed by atoms with Gasteiger partial charge in [-0.25, -0.2) is 0 Å². The van der Waals surface area contributed by atoms with E-state index in [1.165, 1.54) is 25.7 Å². The molecule has 2 aliphatic rings. The third-order valence-electron chi connectivity index (χ3n) is 4.76. The van der Waals surface area contributed by atoms with E-state index in [0.29, 0.717) is 17.3 Å². The standard InChI is InChI=1S/C14H24O2/c1-14(2)8-7-11(13(15)16)12(9-14)10-5-3-4-6-10/h10-12H,3-9H2,1-2H3,(H,15,16). The number of hydrogen-bond donors (Lipinski definition) is 1. The van der Waals surface area contributed by atoms with E-state index in [9.17, 15) is 9.90 Å². The van der Waals surface area contributed by atoms with Crippen LogP contribution < -0.4 is 0 Å². The first kappa shape index (κ1) is 11.9. The minimum absolute atomic E-state index is 0.0591. The van der Waals surface area contributed by atoms with E-state index >= 15 is 0 Å². The van der Waals surface area contributed by atoms with Crippen molar-refractivity contribution in [3.05, 3.63) is 0 Å². The van der Waals surface area contributed by atoms with Crippen molar-refractivity contribution < 1.29 is 9.90 Å². The fourth-order valence-electron chi connectivity index (χ4n) is 3.83. The van der Waals surface area contributed by atoms with Crippen molar-refractivity contribution in [2.45, 2.75) is 58.8 Å². The van der Waals surface area contributed by atoms with Gasteiger partial charge in [-0.05, 0) is 36.5 Å². The number of carboxylic acids is 1. The maximum absolute atomic E-state index is 11.3. The van der Waals surface area contributed by atoms with Crippen LogP contribution in [0.1, 0.15) is 58.8 Å². The van der Waals surface area contributed by atoms with E-state index in [2.05, 4.69) is 13.8 Å². The van der Waals surface area contributed by atoms with Crippen molar-refractivity contribution in [3.63, 3.8) is 0 Å². The van der Waals surface area contributed by atoms with Crippen molar-refractivity contribution in [2.75, 3.05) is 0 Å². The van der Waals surface area contributed by atoms with Crippen LogP contribution in [-0.4, -0.2) is 11.1 Å². The van der Waals surface area contributed by atoms with E-state index in [4.69, 9.17) is 0 Å². The Morgan fingerprint density at radius 1 is 1.19 bits per heavy atom. The molecule has 0 aromatic heterocycles. The lowest BCUT2D eigenvalue weighted by Gasteiger charge is -2.41. The quantitative estimate of drug-likeness (QED) is 0.776. The molecular formula is C14H24O2. The zero-order chi connectivity index (χ0) is 11.8. The van der Waals surface area contributed by atoms with Crippen LogP contribution in [0.5, 0.6) is 0 Å². The monoisotopic (exact) mass is 224 g/mol. The first-order valence-corrected chi connectivity index (χ1v) is 6.72. The van der Waals surface area contributed by atoms with Crippen LogP contribution in [0.3, 0.4) is 0 Å². The molecule has 0 amide bonds. The average Bonchev–Trinajstić information content (AvgIpc) is 2.68. The molecule has 16 heavy (non-hydrogen) atoms. The molecule has 0 aliphatic heterocycles. The third kappa shape index (κ3) is 2.41. The molecule has 0 aromatic rings. The van der Waals surface area contributed by atoms with Gasteiger partial charge < -0.3 is 5.11 Å². The van der Waals surface area contributed by atoms with Crippen molar-refractivity contribution in [3.8, 4) is 0 Å². The van der Waals surface area contributed by atoms with Crippen LogP contribution >= 0.6 is 0 Å². The van der Waals surface area contributed by atoms with Crippen molar-refractivity contribution >= 4 is 5.97 Å². The van der Waals surface area contributed by atoms with E-state index in [1.807, 2.05) is 0 Å². The molecule has 0 spiro atoms. The van der Waals surface area contributed by atoms with Crippen LogP contribution in [0, 0.1) is 23.2 Å². The van der Waals surface area contributed by atoms with E-state index in [1.54, 1.807) is 0 Å². The summed E-state index contributed by atoms with van der Waals surface area (Å²) in [5.74, 6) is 0.535. The zero-order valence-corrected chi connectivity index (χ0v) is 10.5. The van der Waals surface area contributed by atoms with Gasteiger partial charge in [-0.1, -0.05) is 39.5 Å². The molecule has 2 fully saturated rings. The largest absolute Gasteiger partial charge is 0.481 e. The van der Waals surface area contributed by atoms with Crippen molar-refractivity contribution in [1.29, 1.82) is 0 Å². The van der Waals surface area contributed by atoms with Gasteiger partial charge in [0, 0.05) is 0 Å². The summed E-state index contributed by atoms with van der Waals surface area (Å²) in [6.07, 6.45) is 8.25. The highest BCUT2D eigenvalue weighted by atomic mass is 16.4. The summed E-state index contributed by atoms with van der Waals surface area (Å²) >= 11 is 0. The van der Waals surface area contributed by atoms with Crippen molar-refractivity contribution in [1.82, 2.24) is 0 Å². The highest BCUT2D eigenvalue weighted by Gasteiger charge is 2.42. The molecular weight excluding hydrogens is 200 g/mol. The third-order valence-corrected chi connectivity index (χ3v) is 4.76. The molecule has 0 radical (unpaired) electrons. The molecule has 0 saturated heterocycles. The second-order valence-corrected chi connectivity index (χ2v) is 6.56. The van der Waals surface area contributed by atoms with Gasteiger partial charge in [0.15, 0.2) is 0 Å². The maximum Gasteiger partial charge on any atom is 0.306 e. The lowest BCUT2D eigenvalue weighted by Crippen LogP contribution is -2.37. The van der Waals surface area contributed by atoms with E-state index in [0.717, 1.165) is 19.3 Å². The van der Waals surface area contributed by atoms with Gasteiger partial charge in [-0.2, -0.15) is 0 Å². The number of rotatable bonds is 2. The first-order valence-electron chi connectivity index (χ1n) is 6.72. The van der Waals surface area contributed by atoms with E-state index in [-0.39, 0.29) is 5.92 Å². The van der Waals surface area contributed by atoms with Crippen LogP contribution in [0.25, 0.3) is 0 Å². The highest BCUT2D eigenvalue weighted by molar-refractivity contribution is 5.70. The van der Waals surface area contributed by atoms with Crippen LogP contribution in [0.4, 0.5) is 0 Å². The Morgan fingerprint density at radius 3 is 2.38 bits per heavy atom. The van der Waals surface area contributed by atoms with Gasteiger partial charge in [0.2, 0.25) is 0 Å². The zero-order valence-electron chi connectivity index (χ0n) is 10.5. The molecule has 2 rings (SSSR count). The van der Waals surface area contributed by atoms with E-state index < -0.39 is 5.97 Å². The molecule has 2 nitrogen and oxygen atoms in total. The minimum Gasteiger partial charge on any atom is -0.481 e. The van der Waals surface area contributed by atoms with Gasteiger partial charge in [0.1, 0.15) is 0 Å². The molecule has 0 aromatic carbocycles. The highest BCUT2D eigenvalue weighted by Crippen LogP contribution is 2.48. The maximum atomic E-state index is 11.3. The Balaban J connectivity index is 2.10. The van der Waals surface area contributed by atoms with Gasteiger partial charge in [-0.3, -0.25) is 4.79 Å². The normalized spacial score (nSPS) is 35.1. The Hall–Kier alpha value is -0.530. The summed E-state index contributed by atoms with van der Waals surface area (Å²) in [6, 6.07) is 0.